The van der Waals surface area contributed by atoms with Gasteiger partial charge in [0, 0.05) is 12.7 Å². The Morgan fingerprint density at radius 2 is 1.57 bits per heavy atom. The summed E-state index contributed by atoms with van der Waals surface area (Å²) in [6, 6.07) is 18.4. The Kier molecular flexibility index (Phi) is 6.37. The molecule has 3 aromatic carbocycles. The van der Waals surface area contributed by atoms with E-state index >= 15 is 0 Å². The number of sulfonamides is 1. The lowest BCUT2D eigenvalue weighted by Gasteiger charge is -2.20. The van der Waals surface area contributed by atoms with Gasteiger partial charge in [-0.05, 0) is 67.6 Å². The lowest BCUT2D eigenvalue weighted by atomic mass is 10.2. The van der Waals surface area contributed by atoms with Crippen LogP contribution in [-0.4, -0.2) is 28.0 Å². The van der Waals surface area contributed by atoms with Crippen LogP contribution < -0.4 is 14.4 Å². The van der Waals surface area contributed by atoms with Gasteiger partial charge in [-0.1, -0.05) is 17.7 Å². The molecule has 0 aliphatic rings. The molecule has 0 aromatic heterocycles. The van der Waals surface area contributed by atoms with Crippen molar-refractivity contribution in [2.45, 2.75) is 11.8 Å². The molecule has 156 valence electrons. The number of ether oxygens (including phenoxy) is 1. The van der Waals surface area contributed by atoms with E-state index in [1.54, 1.807) is 48.5 Å². The van der Waals surface area contributed by atoms with Gasteiger partial charge in [0.15, 0.2) is 6.61 Å². The fourth-order valence-electron chi connectivity index (χ4n) is 2.64. The average molecular weight is 428 g/mol. The van der Waals surface area contributed by atoms with Crippen LogP contribution in [0.5, 0.6) is 5.75 Å². The van der Waals surface area contributed by atoms with Gasteiger partial charge in [0.2, 0.25) is 0 Å². The van der Waals surface area contributed by atoms with Crippen LogP contribution in [0.4, 0.5) is 15.8 Å². The van der Waals surface area contributed by atoms with Crippen molar-refractivity contribution in [3.63, 3.8) is 0 Å². The van der Waals surface area contributed by atoms with E-state index in [1.807, 2.05) is 6.92 Å². The summed E-state index contributed by atoms with van der Waals surface area (Å²) in [5, 5.41) is 2.59. The molecule has 0 saturated heterocycles. The Labute approximate surface area is 175 Å². The topological polar surface area (TPSA) is 75.7 Å². The van der Waals surface area contributed by atoms with Crippen LogP contribution >= 0.6 is 0 Å². The largest absolute Gasteiger partial charge is 0.484 e. The maximum atomic E-state index is 12.9. The fourth-order valence-corrected chi connectivity index (χ4v) is 3.83. The number of rotatable bonds is 7. The first-order valence-electron chi connectivity index (χ1n) is 9.09. The summed E-state index contributed by atoms with van der Waals surface area (Å²) in [6.45, 7) is 1.65. The predicted molar refractivity (Wildman–Crippen MR) is 114 cm³/mol. The molecule has 6 nitrogen and oxygen atoms in total. The number of carbonyl (C=O) groups excluding carboxylic acids is 1. The van der Waals surface area contributed by atoms with E-state index in [0.29, 0.717) is 17.1 Å². The van der Waals surface area contributed by atoms with Gasteiger partial charge in [0.05, 0.1) is 10.6 Å². The summed E-state index contributed by atoms with van der Waals surface area (Å²) in [5.74, 6) is -0.377. The van der Waals surface area contributed by atoms with Crippen molar-refractivity contribution in [1.82, 2.24) is 0 Å². The molecule has 0 fully saturated rings. The number of aryl methyl sites for hydroxylation is 1. The molecular formula is C22H21FN2O4S. The Bertz CT molecular complexity index is 1110. The Hall–Kier alpha value is -3.39. The highest BCUT2D eigenvalue weighted by Gasteiger charge is 2.21. The van der Waals surface area contributed by atoms with E-state index < -0.39 is 21.7 Å². The van der Waals surface area contributed by atoms with Gasteiger partial charge in [-0.15, -0.1) is 0 Å². The Morgan fingerprint density at radius 3 is 2.17 bits per heavy atom. The molecule has 8 heteroatoms. The number of carbonyl (C=O) groups is 1. The zero-order chi connectivity index (χ0) is 21.7. The third kappa shape index (κ3) is 5.15. The van der Waals surface area contributed by atoms with Gasteiger partial charge in [0.25, 0.3) is 15.9 Å². The summed E-state index contributed by atoms with van der Waals surface area (Å²) >= 11 is 0. The molecule has 0 atom stereocenters. The molecule has 0 aliphatic heterocycles. The summed E-state index contributed by atoms with van der Waals surface area (Å²) in [4.78, 5) is 12.1. The maximum absolute atomic E-state index is 12.9. The van der Waals surface area contributed by atoms with Crippen LogP contribution in [0.15, 0.2) is 77.7 Å². The quantitative estimate of drug-likeness (QED) is 0.618. The van der Waals surface area contributed by atoms with Crippen molar-refractivity contribution in [2.24, 2.45) is 0 Å². The summed E-state index contributed by atoms with van der Waals surface area (Å²) in [6.07, 6.45) is 0. The fraction of sp³-hybridized carbons (Fsp3) is 0.136. The molecule has 0 unspecified atom stereocenters. The van der Waals surface area contributed by atoms with Crippen LogP contribution in [0.3, 0.4) is 0 Å². The normalized spacial score (nSPS) is 11.0. The number of hydrogen-bond acceptors (Lipinski definition) is 4. The standard InChI is InChI=1S/C22H21FN2O4S/c1-16-3-13-21(14-4-16)30(27,28)25(2)19-9-11-20(12-10-19)29-15-22(26)24-18-7-5-17(23)6-8-18/h3-14H,15H2,1-2H3,(H,24,26). The lowest BCUT2D eigenvalue weighted by molar-refractivity contribution is -0.118. The number of nitrogens with zero attached hydrogens (tertiary/aromatic N) is 1. The highest BCUT2D eigenvalue weighted by molar-refractivity contribution is 7.92. The maximum Gasteiger partial charge on any atom is 0.264 e. The van der Waals surface area contributed by atoms with Gasteiger partial charge >= 0.3 is 0 Å². The molecule has 3 aromatic rings. The van der Waals surface area contributed by atoms with E-state index in [-0.39, 0.29) is 11.5 Å². The van der Waals surface area contributed by atoms with Gasteiger partial charge in [0.1, 0.15) is 11.6 Å². The van der Waals surface area contributed by atoms with Gasteiger partial charge in [-0.3, -0.25) is 9.10 Å². The van der Waals surface area contributed by atoms with Crippen LogP contribution in [0.2, 0.25) is 0 Å². The van der Waals surface area contributed by atoms with Gasteiger partial charge in [-0.25, -0.2) is 12.8 Å². The molecule has 0 saturated carbocycles. The summed E-state index contributed by atoms with van der Waals surface area (Å²) < 4.78 is 45.0. The number of hydrogen-bond donors (Lipinski definition) is 1. The molecule has 0 bridgehead atoms. The van der Waals surface area contributed by atoms with Crippen molar-refractivity contribution < 1.29 is 22.3 Å². The zero-order valence-electron chi connectivity index (χ0n) is 16.5. The van der Waals surface area contributed by atoms with E-state index in [9.17, 15) is 17.6 Å². The molecule has 30 heavy (non-hydrogen) atoms. The molecule has 0 aliphatic carbocycles. The SMILES string of the molecule is Cc1ccc(S(=O)(=O)N(C)c2ccc(OCC(=O)Nc3ccc(F)cc3)cc2)cc1. The van der Waals surface area contributed by atoms with Crippen LogP contribution in [0, 0.1) is 12.7 Å². The van der Waals surface area contributed by atoms with E-state index in [0.717, 1.165) is 5.56 Å². The second-order valence-electron chi connectivity index (χ2n) is 6.62. The second-order valence-corrected chi connectivity index (χ2v) is 8.59. The van der Waals surface area contributed by atoms with E-state index in [1.165, 1.54) is 35.6 Å². The average Bonchev–Trinajstić information content (AvgIpc) is 2.74. The minimum atomic E-state index is -3.68. The number of nitrogens with one attached hydrogen (secondary N) is 1. The third-order valence-electron chi connectivity index (χ3n) is 4.38. The Balaban J connectivity index is 1.60. The molecule has 0 spiro atoms. The highest BCUT2D eigenvalue weighted by atomic mass is 32.2. The summed E-state index contributed by atoms with van der Waals surface area (Å²) in [5.41, 5.74) is 1.89. The van der Waals surface area contributed by atoms with Crippen LogP contribution in [0.25, 0.3) is 0 Å². The first-order chi connectivity index (χ1) is 14.3. The molecule has 0 heterocycles. The number of anilines is 2. The van der Waals surface area contributed by atoms with Gasteiger partial charge < -0.3 is 10.1 Å². The van der Waals surface area contributed by atoms with Gasteiger partial charge in [-0.2, -0.15) is 0 Å². The van der Waals surface area contributed by atoms with E-state index in [4.69, 9.17) is 4.74 Å². The summed E-state index contributed by atoms with van der Waals surface area (Å²) in [7, 11) is -2.21. The second kappa shape index (κ2) is 8.96. The highest BCUT2D eigenvalue weighted by Crippen LogP contribution is 2.24. The number of benzene rings is 3. The molecule has 1 amide bonds. The smallest absolute Gasteiger partial charge is 0.264 e. The van der Waals surface area contributed by atoms with Crippen LogP contribution in [0.1, 0.15) is 5.56 Å². The third-order valence-corrected chi connectivity index (χ3v) is 6.18. The zero-order valence-corrected chi connectivity index (χ0v) is 17.3. The number of halogens is 1. The molecule has 0 radical (unpaired) electrons. The van der Waals surface area contributed by atoms with Crippen LogP contribution in [-0.2, 0) is 14.8 Å². The van der Waals surface area contributed by atoms with Crippen molar-refractivity contribution in [3.05, 3.63) is 84.2 Å². The minimum Gasteiger partial charge on any atom is -0.484 e. The lowest BCUT2D eigenvalue weighted by Crippen LogP contribution is -2.26. The molecule has 3 rings (SSSR count). The van der Waals surface area contributed by atoms with Crippen molar-refractivity contribution in [1.29, 1.82) is 0 Å². The Morgan fingerprint density at radius 1 is 0.967 bits per heavy atom. The predicted octanol–water partition coefficient (Wildman–Crippen LogP) is 3.98. The first kappa shape index (κ1) is 21.3. The first-order valence-corrected chi connectivity index (χ1v) is 10.5. The molecule has 1 N–H and O–H groups in total. The van der Waals surface area contributed by atoms with E-state index in [2.05, 4.69) is 5.32 Å². The monoisotopic (exact) mass is 428 g/mol. The van der Waals surface area contributed by atoms with Crippen molar-refractivity contribution in [3.8, 4) is 5.75 Å². The number of amides is 1. The van der Waals surface area contributed by atoms with Crippen molar-refractivity contribution in [2.75, 3.05) is 23.3 Å². The minimum absolute atomic E-state index is 0.202. The van der Waals surface area contributed by atoms with Crippen molar-refractivity contribution >= 4 is 27.3 Å². The molecular weight excluding hydrogens is 407 g/mol.